The topological polar surface area (TPSA) is 60.9 Å². The first-order chi connectivity index (χ1) is 14.1. The second-order valence-electron chi connectivity index (χ2n) is 7.04. The van der Waals surface area contributed by atoms with Crippen LogP contribution >= 0.6 is 0 Å². The van der Waals surface area contributed by atoms with E-state index in [1.165, 1.54) is 0 Å². The molecule has 0 atom stereocenters. The zero-order valence-electron chi connectivity index (χ0n) is 16.0. The molecule has 29 heavy (non-hydrogen) atoms. The summed E-state index contributed by atoms with van der Waals surface area (Å²) in [6.45, 7) is 2.48. The summed E-state index contributed by atoms with van der Waals surface area (Å²) in [5.74, 6) is 0.160. The highest BCUT2D eigenvalue weighted by atomic mass is 16.3. The summed E-state index contributed by atoms with van der Waals surface area (Å²) >= 11 is 0. The smallest absolute Gasteiger partial charge is 0.253 e. The summed E-state index contributed by atoms with van der Waals surface area (Å²) in [4.78, 5) is 29.2. The molecule has 0 unspecified atom stereocenters. The Balaban J connectivity index is 1.40. The van der Waals surface area contributed by atoms with Gasteiger partial charge in [-0.25, -0.2) is 0 Å². The number of carbonyl (C=O) groups is 2. The molecular formula is C24H22N2O3. The van der Waals surface area contributed by atoms with Crippen LogP contribution in [-0.4, -0.2) is 47.9 Å². The largest absolute Gasteiger partial charge is 0.506 e. The number of benzene rings is 3. The minimum absolute atomic E-state index is 0.0411. The Morgan fingerprint density at radius 3 is 1.86 bits per heavy atom. The van der Waals surface area contributed by atoms with Crippen LogP contribution in [0, 0.1) is 0 Å². The molecule has 3 aromatic rings. The molecule has 1 N–H and O–H groups in total. The molecule has 1 aliphatic rings. The maximum Gasteiger partial charge on any atom is 0.253 e. The molecule has 1 saturated heterocycles. The first kappa shape index (κ1) is 18.7. The summed E-state index contributed by atoms with van der Waals surface area (Å²) in [7, 11) is 0. The summed E-state index contributed by atoms with van der Waals surface area (Å²) in [6.07, 6.45) is 0. The fourth-order valence-corrected chi connectivity index (χ4v) is 3.58. The fourth-order valence-electron chi connectivity index (χ4n) is 3.58. The van der Waals surface area contributed by atoms with E-state index in [9.17, 15) is 14.7 Å². The van der Waals surface area contributed by atoms with Crippen LogP contribution in [0.3, 0.4) is 0 Å². The van der Waals surface area contributed by atoms with Crippen molar-refractivity contribution in [2.45, 2.75) is 0 Å². The van der Waals surface area contributed by atoms with Gasteiger partial charge in [0.15, 0.2) is 5.78 Å². The summed E-state index contributed by atoms with van der Waals surface area (Å²) in [5.41, 5.74) is 2.57. The first-order valence-electron chi connectivity index (χ1n) is 9.65. The molecule has 146 valence electrons. The van der Waals surface area contributed by atoms with Crippen LogP contribution in [0.1, 0.15) is 26.3 Å². The highest BCUT2D eigenvalue weighted by molar-refractivity contribution is 6.09. The van der Waals surface area contributed by atoms with Crippen molar-refractivity contribution in [2.75, 3.05) is 31.1 Å². The van der Waals surface area contributed by atoms with Gasteiger partial charge in [0.2, 0.25) is 0 Å². The molecule has 0 aliphatic carbocycles. The van der Waals surface area contributed by atoms with Gasteiger partial charge < -0.3 is 14.9 Å². The lowest BCUT2D eigenvalue weighted by Crippen LogP contribution is -2.48. The molecular weight excluding hydrogens is 364 g/mol. The van der Waals surface area contributed by atoms with Crippen molar-refractivity contribution in [1.82, 2.24) is 4.90 Å². The number of para-hydroxylation sites is 2. The normalized spacial score (nSPS) is 13.9. The molecule has 4 rings (SSSR count). The van der Waals surface area contributed by atoms with Crippen LogP contribution in [-0.2, 0) is 0 Å². The Kier molecular flexibility index (Phi) is 5.29. The minimum Gasteiger partial charge on any atom is -0.506 e. The third-order valence-electron chi connectivity index (χ3n) is 5.22. The number of amides is 1. The number of aromatic hydroxyl groups is 1. The van der Waals surface area contributed by atoms with E-state index in [2.05, 4.69) is 4.90 Å². The third kappa shape index (κ3) is 3.99. The van der Waals surface area contributed by atoms with Gasteiger partial charge in [-0.05, 0) is 24.3 Å². The second kappa shape index (κ2) is 8.19. The van der Waals surface area contributed by atoms with Gasteiger partial charge in [-0.3, -0.25) is 9.59 Å². The van der Waals surface area contributed by atoms with Crippen molar-refractivity contribution >= 4 is 17.4 Å². The summed E-state index contributed by atoms with van der Waals surface area (Å²) in [5, 5.41) is 10.0. The Bertz CT molecular complexity index is 1010. The van der Waals surface area contributed by atoms with E-state index < -0.39 is 0 Å². The van der Waals surface area contributed by atoms with E-state index in [4.69, 9.17) is 0 Å². The number of nitrogens with zero attached hydrogens (tertiary/aromatic N) is 2. The highest BCUT2D eigenvalue weighted by Gasteiger charge is 2.23. The maximum absolute atomic E-state index is 12.8. The second-order valence-corrected chi connectivity index (χ2v) is 7.04. The van der Waals surface area contributed by atoms with Crippen molar-refractivity contribution in [2.24, 2.45) is 0 Å². The van der Waals surface area contributed by atoms with E-state index >= 15 is 0 Å². The molecule has 1 amide bonds. The molecule has 1 heterocycles. The minimum atomic E-state index is -0.0547. The standard InChI is InChI=1S/C24H22N2O3/c27-22-9-5-4-8-21(22)25-14-16-26(17-15-25)24(29)20-12-10-19(11-13-20)23(28)18-6-2-1-3-7-18/h1-13,27H,14-17H2. The average Bonchev–Trinajstić information content (AvgIpc) is 2.79. The number of hydrogen-bond donors (Lipinski definition) is 1. The van der Waals surface area contributed by atoms with Crippen LogP contribution in [0.15, 0.2) is 78.9 Å². The first-order valence-corrected chi connectivity index (χ1v) is 9.65. The number of hydrogen-bond acceptors (Lipinski definition) is 4. The summed E-state index contributed by atoms with van der Waals surface area (Å²) in [6, 6.07) is 23.2. The molecule has 1 fully saturated rings. The van der Waals surface area contributed by atoms with Gasteiger partial charge in [-0.15, -0.1) is 0 Å². The van der Waals surface area contributed by atoms with Crippen LogP contribution < -0.4 is 4.90 Å². The predicted octanol–water partition coefficient (Wildman–Crippen LogP) is 3.59. The van der Waals surface area contributed by atoms with E-state index in [0.717, 1.165) is 5.69 Å². The maximum atomic E-state index is 12.8. The molecule has 5 heteroatoms. The van der Waals surface area contributed by atoms with Crippen LogP contribution in [0.4, 0.5) is 5.69 Å². The van der Waals surface area contributed by atoms with Crippen LogP contribution in [0.25, 0.3) is 0 Å². The molecule has 0 aromatic heterocycles. The lowest BCUT2D eigenvalue weighted by molar-refractivity contribution is 0.0746. The molecule has 5 nitrogen and oxygen atoms in total. The van der Waals surface area contributed by atoms with Crippen molar-refractivity contribution < 1.29 is 14.7 Å². The van der Waals surface area contributed by atoms with Gasteiger partial charge in [0.1, 0.15) is 5.75 Å². The van der Waals surface area contributed by atoms with Crippen LogP contribution in [0.5, 0.6) is 5.75 Å². The number of phenolic OH excluding ortho intramolecular Hbond substituents is 1. The molecule has 3 aromatic carbocycles. The number of carbonyl (C=O) groups excluding carboxylic acids is 2. The Hall–Kier alpha value is -3.60. The average molecular weight is 386 g/mol. The number of ketones is 1. The predicted molar refractivity (Wildman–Crippen MR) is 113 cm³/mol. The van der Waals surface area contributed by atoms with E-state index in [-0.39, 0.29) is 17.4 Å². The zero-order chi connectivity index (χ0) is 20.2. The van der Waals surface area contributed by atoms with Gasteiger partial charge in [-0.1, -0.05) is 54.6 Å². The fraction of sp³-hybridized carbons (Fsp3) is 0.167. The highest BCUT2D eigenvalue weighted by Crippen LogP contribution is 2.27. The lowest BCUT2D eigenvalue weighted by atomic mass is 10.0. The molecule has 0 radical (unpaired) electrons. The quantitative estimate of drug-likeness (QED) is 0.696. The Labute approximate surface area is 169 Å². The summed E-state index contributed by atoms with van der Waals surface area (Å²) < 4.78 is 0. The van der Waals surface area contributed by atoms with E-state index in [0.29, 0.717) is 42.9 Å². The number of phenols is 1. The van der Waals surface area contributed by atoms with Gasteiger partial charge in [-0.2, -0.15) is 0 Å². The van der Waals surface area contributed by atoms with Gasteiger partial charge >= 0.3 is 0 Å². The number of anilines is 1. The SMILES string of the molecule is O=C(c1ccccc1)c1ccc(C(=O)N2CCN(c3ccccc3O)CC2)cc1. The molecule has 1 aliphatic heterocycles. The van der Waals surface area contributed by atoms with Gasteiger partial charge in [0.05, 0.1) is 5.69 Å². The zero-order valence-corrected chi connectivity index (χ0v) is 16.0. The van der Waals surface area contributed by atoms with Gasteiger partial charge in [0, 0.05) is 42.9 Å². The molecule has 0 saturated carbocycles. The van der Waals surface area contributed by atoms with Crippen molar-refractivity contribution in [3.63, 3.8) is 0 Å². The molecule has 0 spiro atoms. The van der Waals surface area contributed by atoms with Crippen molar-refractivity contribution in [3.05, 3.63) is 95.6 Å². The third-order valence-corrected chi connectivity index (χ3v) is 5.22. The Morgan fingerprint density at radius 1 is 0.655 bits per heavy atom. The molecule has 0 bridgehead atoms. The van der Waals surface area contributed by atoms with E-state index in [1.807, 2.05) is 35.2 Å². The monoisotopic (exact) mass is 386 g/mol. The Morgan fingerprint density at radius 2 is 1.21 bits per heavy atom. The van der Waals surface area contributed by atoms with Crippen molar-refractivity contribution in [1.29, 1.82) is 0 Å². The number of rotatable bonds is 4. The lowest BCUT2D eigenvalue weighted by Gasteiger charge is -2.36. The van der Waals surface area contributed by atoms with Gasteiger partial charge in [0.25, 0.3) is 5.91 Å². The number of piperazine rings is 1. The van der Waals surface area contributed by atoms with Crippen LogP contribution in [0.2, 0.25) is 0 Å². The van der Waals surface area contributed by atoms with E-state index in [1.54, 1.807) is 48.5 Å². The van der Waals surface area contributed by atoms with Crippen molar-refractivity contribution in [3.8, 4) is 5.75 Å².